The first-order valence-electron chi connectivity index (χ1n) is 21.5. The Morgan fingerprint density at radius 2 is 0.762 bits per heavy atom. The highest BCUT2D eigenvalue weighted by molar-refractivity contribution is 7.25. The van der Waals surface area contributed by atoms with Gasteiger partial charge in [-0.15, -0.1) is 11.3 Å². The zero-order valence-electron chi connectivity index (χ0n) is 34.4. The molecule has 2 heterocycles. The molecule has 0 saturated heterocycles. The Balaban J connectivity index is 1.08. The van der Waals surface area contributed by atoms with Crippen LogP contribution in [0.2, 0.25) is 0 Å². The zero-order valence-corrected chi connectivity index (χ0v) is 35.2. The second-order valence-corrected chi connectivity index (χ2v) is 17.2. The number of nitrogens with zero attached hydrogens (tertiary/aromatic N) is 2. The lowest BCUT2D eigenvalue weighted by molar-refractivity contribution is 1.18. The van der Waals surface area contributed by atoms with E-state index in [-0.39, 0.29) is 0 Å². The molecule has 0 fully saturated rings. The number of para-hydroxylation sites is 3. The smallest absolute Gasteiger partial charge is 0.0541 e. The van der Waals surface area contributed by atoms with Crippen molar-refractivity contribution in [2.24, 2.45) is 0 Å². The first-order chi connectivity index (χ1) is 31.2. The van der Waals surface area contributed by atoms with Crippen LogP contribution >= 0.6 is 11.3 Å². The fourth-order valence-corrected chi connectivity index (χ4v) is 10.6. The van der Waals surface area contributed by atoms with Crippen molar-refractivity contribution >= 4 is 70.4 Å². The third kappa shape index (κ3) is 6.50. The van der Waals surface area contributed by atoms with Crippen LogP contribution in [0, 0.1) is 0 Å². The average Bonchev–Trinajstić information content (AvgIpc) is 3.90. The molecular formula is C60H40N2S. The van der Waals surface area contributed by atoms with Crippen LogP contribution in [0.25, 0.3) is 92.2 Å². The molecule has 0 atom stereocenters. The van der Waals surface area contributed by atoms with Gasteiger partial charge in [0.25, 0.3) is 0 Å². The van der Waals surface area contributed by atoms with E-state index < -0.39 is 0 Å². The predicted molar refractivity (Wildman–Crippen MR) is 270 cm³/mol. The van der Waals surface area contributed by atoms with Crippen molar-refractivity contribution in [3.8, 4) is 50.2 Å². The Morgan fingerprint density at radius 3 is 1.40 bits per heavy atom. The van der Waals surface area contributed by atoms with Gasteiger partial charge in [-0.1, -0.05) is 176 Å². The molecule has 0 aliphatic heterocycles. The Bertz CT molecular complexity index is 3470. The number of aromatic nitrogens is 1. The molecule has 296 valence electrons. The van der Waals surface area contributed by atoms with E-state index in [0.717, 1.165) is 22.7 Å². The third-order valence-corrected chi connectivity index (χ3v) is 13.6. The molecule has 2 aromatic heterocycles. The van der Waals surface area contributed by atoms with E-state index >= 15 is 0 Å². The maximum atomic E-state index is 2.45. The van der Waals surface area contributed by atoms with Crippen LogP contribution in [0.4, 0.5) is 17.1 Å². The molecule has 12 aromatic rings. The maximum absolute atomic E-state index is 2.45. The standard InChI is InChI=1S/C60H40N2S/c1-3-15-41(16-4-1)43-27-32-46(33-28-43)61(47-34-29-44(30-35-47)42-17-5-2-6-18-42)48-36-38-49(55(40-48)45-31-37-54-53-22-10-14-26-59(53)63-60(54)39-45)50-19-7-11-23-56(50)62-57-24-12-8-20-51(57)52-21-9-13-25-58(52)62/h1-40H. The molecule has 0 saturated carbocycles. The molecule has 0 bridgehead atoms. The van der Waals surface area contributed by atoms with Crippen LogP contribution < -0.4 is 4.90 Å². The van der Waals surface area contributed by atoms with Gasteiger partial charge in [-0.25, -0.2) is 0 Å². The van der Waals surface area contributed by atoms with Crippen LogP contribution in [0.3, 0.4) is 0 Å². The predicted octanol–water partition coefficient (Wildman–Crippen LogP) is 17.3. The summed E-state index contributed by atoms with van der Waals surface area (Å²) in [5.74, 6) is 0. The summed E-state index contributed by atoms with van der Waals surface area (Å²) in [6.45, 7) is 0. The Morgan fingerprint density at radius 1 is 0.286 bits per heavy atom. The van der Waals surface area contributed by atoms with E-state index in [1.165, 1.54) is 86.5 Å². The zero-order chi connectivity index (χ0) is 41.7. The number of rotatable bonds is 8. The minimum Gasteiger partial charge on any atom is -0.310 e. The van der Waals surface area contributed by atoms with E-state index in [0.29, 0.717) is 0 Å². The van der Waals surface area contributed by atoms with Crippen LogP contribution in [0.1, 0.15) is 0 Å². The quantitative estimate of drug-likeness (QED) is 0.148. The van der Waals surface area contributed by atoms with Gasteiger partial charge in [-0.05, 0) is 106 Å². The second-order valence-electron chi connectivity index (χ2n) is 16.1. The van der Waals surface area contributed by atoms with Crippen molar-refractivity contribution in [3.63, 3.8) is 0 Å². The van der Waals surface area contributed by atoms with E-state index in [4.69, 9.17) is 0 Å². The molecule has 0 aliphatic rings. The van der Waals surface area contributed by atoms with Gasteiger partial charge in [0.1, 0.15) is 0 Å². The molecule has 0 aliphatic carbocycles. The summed E-state index contributed by atoms with van der Waals surface area (Å²) in [6.07, 6.45) is 0. The van der Waals surface area contributed by atoms with Crippen molar-refractivity contribution in [1.29, 1.82) is 0 Å². The first kappa shape index (κ1) is 36.8. The van der Waals surface area contributed by atoms with E-state index in [1.807, 2.05) is 11.3 Å². The molecule has 0 amide bonds. The normalized spacial score (nSPS) is 11.5. The Hall–Kier alpha value is -7.98. The largest absolute Gasteiger partial charge is 0.310 e. The van der Waals surface area contributed by atoms with Crippen LogP contribution in [0.15, 0.2) is 243 Å². The topological polar surface area (TPSA) is 8.17 Å². The van der Waals surface area contributed by atoms with Gasteiger partial charge in [-0.2, -0.15) is 0 Å². The third-order valence-electron chi connectivity index (χ3n) is 12.4. The molecule has 0 N–H and O–H groups in total. The molecule has 10 aromatic carbocycles. The fraction of sp³-hybridized carbons (Fsp3) is 0. The van der Waals surface area contributed by atoms with Crippen molar-refractivity contribution in [2.45, 2.75) is 0 Å². The van der Waals surface area contributed by atoms with E-state index in [1.54, 1.807) is 0 Å². The first-order valence-corrected chi connectivity index (χ1v) is 22.3. The second kappa shape index (κ2) is 15.5. The molecular weight excluding hydrogens is 781 g/mol. The number of hydrogen-bond donors (Lipinski definition) is 0. The monoisotopic (exact) mass is 820 g/mol. The molecule has 63 heavy (non-hydrogen) atoms. The van der Waals surface area contributed by atoms with Gasteiger partial charge in [0.05, 0.1) is 16.7 Å². The van der Waals surface area contributed by atoms with Gasteiger partial charge in [-0.3, -0.25) is 0 Å². The highest BCUT2D eigenvalue weighted by Crippen LogP contribution is 2.45. The summed E-state index contributed by atoms with van der Waals surface area (Å²) in [5, 5.41) is 5.10. The molecule has 12 rings (SSSR count). The van der Waals surface area contributed by atoms with Gasteiger partial charge in [0, 0.05) is 53.6 Å². The molecule has 3 heteroatoms. The summed E-state index contributed by atoms with van der Waals surface area (Å²) >= 11 is 1.86. The number of anilines is 3. The lowest BCUT2D eigenvalue weighted by Crippen LogP contribution is -2.10. The van der Waals surface area contributed by atoms with Gasteiger partial charge < -0.3 is 9.47 Å². The molecule has 0 spiro atoms. The summed E-state index contributed by atoms with van der Waals surface area (Å²) < 4.78 is 5.03. The Labute approximate surface area is 370 Å². The van der Waals surface area contributed by atoms with E-state index in [2.05, 4.69) is 252 Å². The van der Waals surface area contributed by atoms with Crippen molar-refractivity contribution in [3.05, 3.63) is 243 Å². The SMILES string of the molecule is c1ccc(-c2ccc(N(c3ccc(-c4ccccc4)cc3)c3ccc(-c4ccccc4-n4c5ccccc5c5ccccc54)c(-c4ccc5c(c4)sc4ccccc45)c3)cc2)cc1. The molecule has 2 nitrogen and oxygen atoms in total. The van der Waals surface area contributed by atoms with Crippen LogP contribution in [-0.4, -0.2) is 4.57 Å². The number of fused-ring (bicyclic) bond motifs is 6. The minimum absolute atomic E-state index is 1.08. The van der Waals surface area contributed by atoms with Crippen LogP contribution in [-0.2, 0) is 0 Å². The molecule has 0 radical (unpaired) electrons. The summed E-state index contributed by atoms with van der Waals surface area (Å²) in [6, 6.07) is 88.5. The summed E-state index contributed by atoms with van der Waals surface area (Å²) in [5.41, 5.74) is 16.3. The van der Waals surface area contributed by atoms with Gasteiger partial charge in [0.2, 0.25) is 0 Å². The molecule has 0 unspecified atom stereocenters. The van der Waals surface area contributed by atoms with Gasteiger partial charge in [0.15, 0.2) is 0 Å². The summed E-state index contributed by atoms with van der Waals surface area (Å²) in [4.78, 5) is 2.40. The number of thiophene rings is 1. The fourth-order valence-electron chi connectivity index (χ4n) is 9.43. The lowest BCUT2D eigenvalue weighted by atomic mass is 9.92. The van der Waals surface area contributed by atoms with Crippen LogP contribution in [0.5, 0.6) is 0 Å². The Kier molecular flexibility index (Phi) is 9.06. The number of benzene rings is 10. The van der Waals surface area contributed by atoms with E-state index in [9.17, 15) is 0 Å². The van der Waals surface area contributed by atoms with Gasteiger partial charge >= 0.3 is 0 Å². The lowest BCUT2D eigenvalue weighted by Gasteiger charge is -2.27. The number of hydrogen-bond acceptors (Lipinski definition) is 2. The van der Waals surface area contributed by atoms with Crippen molar-refractivity contribution in [2.75, 3.05) is 4.90 Å². The highest BCUT2D eigenvalue weighted by atomic mass is 32.1. The minimum atomic E-state index is 1.08. The average molecular weight is 821 g/mol. The summed E-state index contributed by atoms with van der Waals surface area (Å²) in [7, 11) is 0. The maximum Gasteiger partial charge on any atom is 0.0541 e. The highest BCUT2D eigenvalue weighted by Gasteiger charge is 2.21. The van der Waals surface area contributed by atoms with Crippen molar-refractivity contribution < 1.29 is 0 Å². The van der Waals surface area contributed by atoms with Crippen molar-refractivity contribution in [1.82, 2.24) is 4.57 Å².